The van der Waals surface area contributed by atoms with E-state index in [0.717, 1.165) is 6.16 Å². The molecule has 1 atom stereocenters. The van der Waals surface area contributed by atoms with Gasteiger partial charge in [-0.25, -0.2) is 0 Å². The molecule has 54 valence electrons. The minimum atomic E-state index is -0.634. The van der Waals surface area contributed by atoms with Gasteiger partial charge >= 0.3 is 0 Å². The van der Waals surface area contributed by atoms with Crippen molar-refractivity contribution in [2.24, 2.45) is 0 Å². The number of hydrogen-bond donors (Lipinski definition) is 0. The number of rotatable bonds is 2. The van der Waals surface area contributed by atoms with E-state index in [4.69, 9.17) is 0 Å². The summed E-state index contributed by atoms with van der Waals surface area (Å²) >= 11 is 0. The highest BCUT2D eigenvalue weighted by molar-refractivity contribution is 7.22. The first-order valence-electron chi connectivity index (χ1n) is 3.32. The topological polar surface area (TPSA) is 17.1 Å². The van der Waals surface area contributed by atoms with Gasteiger partial charge in [0.15, 0.2) is 0 Å². The summed E-state index contributed by atoms with van der Waals surface area (Å²) in [7, 11) is -0.634. The quantitative estimate of drug-likeness (QED) is 0.597. The van der Waals surface area contributed by atoms with Gasteiger partial charge in [-0.3, -0.25) is 0 Å². The molecular formula is C8H11OP. The van der Waals surface area contributed by atoms with E-state index in [2.05, 4.69) is 6.07 Å². The third kappa shape index (κ3) is 2.00. The molecule has 0 aromatic heterocycles. The highest BCUT2D eigenvalue weighted by atomic mass is 31.1. The Bertz CT molecular complexity index is 232. The van der Waals surface area contributed by atoms with Crippen LogP contribution in [0.15, 0.2) is 24.3 Å². The van der Waals surface area contributed by atoms with Gasteiger partial charge in [0.25, 0.3) is 0 Å². The molecule has 0 saturated carbocycles. The smallest absolute Gasteiger partial charge is 0.0687 e. The first-order valence-corrected chi connectivity index (χ1v) is 4.61. The zero-order valence-electron chi connectivity index (χ0n) is 6.00. The van der Waals surface area contributed by atoms with Crippen LogP contribution in [0.2, 0.25) is 0 Å². The first-order chi connectivity index (χ1) is 4.83. The average Bonchev–Trinajstić information content (AvgIpc) is 1.88. The normalized spacial score (nSPS) is 10.9. The van der Waals surface area contributed by atoms with Crippen LogP contribution in [-0.2, 0) is 10.7 Å². The number of benzene rings is 1. The molecule has 10 heavy (non-hydrogen) atoms. The molecule has 0 N–H and O–H groups in total. The standard InChI is InChI=1S/C8H11OP/c1-7-3-2-4-8(5-7)6-10-9/h2-5H,6,10H2,1H3. The Labute approximate surface area is 62.3 Å². The van der Waals surface area contributed by atoms with Gasteiger partial charge < -0.3 is 4.57 Å². The fourth-order valence-corrected chi connectivity index (χ4v) is 1.38. The number of aryl methyl sites for hydroxylation is 1. The van der Waals surface area contributed by atoms with E-state index >= 15 is 0 Å². The Morgan fingerprint density at radius 1 is 1.50 bits per heavy atom. The van der Waals surface area contributed by atoms with E-state index < -0.39 is 8.46 Å². The molecule has 0 fully saturated rings. The van der Waals surface area contributed by atoms with Gasteiger partial charge in [-0.1, -0.05) is 29.8 Å². The van der Waals surface area contributed by atoms with Gasteiger partial charge in [0.05, 0.1) is 8.46 Å². The second kappa shape index (κ2) is 3.58. The maximum absolute atomic E-state index is 10.3. The molecule has 0 spiro atoms. The van der Waals surface area contributed by atoms with Crippen molar-refractivity contribution in [3.8, 4) is 0 Å². The zero-order valence-corrected chi connectivity index (χ0v) is 7.16. The van der Waals surface area contributed by atoms with Gasteiger partial charge in [0.1, 0.15) is 0 Å². The van der Waals surface area contributed by atoms with Crippen molar-refractivity contribution < 1.29 is 4.57 Å². The monoisotopic (exact) mass is 154 g/mol. The Morgan fingerprint density at radius 2 is 2.30 bits per heavy atom. The van der Waals surface area contributed by atoms with Crippen molar-refractivity contribution in [2.75, 3.05) is 0 Å². The molecule has 0 amide bonds. The summed E-state index contributed by atoms with van der Waals surface area (Å²) in [6.07, 6.45) is 0.738. The summed E-state index contributed by atoms with van der Waals surface area (Å²) in [6, 6.07) is 8.13. The second-order valence-electron chi connectivity index (χ2n) is 2.36. The predicted octanol–water partition coefficient (Wildman–Crippen LogP) is 2.25. The molecule has 1 aromatic rings. The van der Waals surface area contributed by atoms with Crippen molar-refractivity contribution in [1.29, 1.82) is 0 Å². The van der Waals surface area contributed by atoms with Crippen LogP contribution in [0, 0.1) is 6.92 Å². The van der Waals surface area contributed by atoms with Crippen molar-refractivity contribution in [3.63, 3.8) is 0 Å². The average molecular weight is 154 g/mol. The predicted molar refractivity (Wildman–Crippen MR) is 45.3 cm³/mol. The molecule has 1 aromatic carbocycles. The molecule has 0 radical (unpaired) electrons. The molecule has 2 heteroatoms. The first kappa shape index (κ1) is 7.56. The lowest BCUT2D eigenvalue weighted by Crippen LogP contribution is -1.77. The van der Waals surface area contributed by atoms with Gasteiger partial charge in [-0.15, -0.1) is 0 Å². The van der Waals surface area contributed by atoms with E-state index in [0.29, 0.717) is 0 Å². The Hall–Kier alpha value is -0.550. The van der Waals surface area contributed by atoms with Crippen molar-refractivity contribution in [1.82, 2.24) is 0 Å². The third-order valence-electron chi connectivity index (χ3n) is 1.40. The van der Waals surface area contributed by atoms with Crippen LogP contribution in [-0.4, -0.2) is 0 Å². The van der Waals surface area contributed by atoms with Crippen LogP contribution in [0.5, 0.6) is 0 Å². The van der Waals surface area contributed by atoms with Crippen molar-refractivity contribution in [3.05, 3.63) is 35.4 Å². The zero-order chi connectivity index (χ0) is 7.40. The van der Waals surface area contributed by atoms with Gasteiger partial charge in [0, 0.05) is 6.16 Å². The molecule has 0 bridgehead atoms. The lowest BCUT2D eigenvalue weighted by Gasteiger charge is -1.95. The maximum atomic E-state index is 10.3. The lowest BCUT2D eigenvalue weighted by atomic mass is 10.2. The molecule has 0 aliphatic carbocycles. The molecule has 0 aliphatic heterocycles. The third-order valence-corrected chi connectivity index (χ3v) is 2.04. The number of hydrogen-bond acceptors (Lipinski definition) is 1. The van der Waals surface area contributed by atoms with E-state index in [1.165, 1.54) is 11.1 Å². The molecule has 1 nitrogen and oxygen atoms in total. The molecule has 0 heterocycles. The SMILES string of the molecule is Cc1cccc(C[PH2]=O)c1. The summed E-state index contributed by atoms with van der Waals surface area (Å²) in [5.74, 6) is 0. The van der Waals surface area contributed by atoms with Crippen LogP contribution in [0.4, 0.5) is 0 Å². The summed E-state index contributed by atoms with van der Waals surface area (Å²) in [5, 5.41) is 0. The Balaban J connectivity index is 2.84. The van der Waals surface area contributed by atoms with Crippen LogP contribution in [0.3, 0.4) is 0 Å². The largest absolute Gasteiger partial charge is 0.330 e. The van der Waals surface area contributed by atoms with Crippen molar-refractivity contribution >= 4 is 8.46 Å². The summed E-state index contributed by atoms with van der Waals surface area (Å²) in [5.41, 5.74) is 2.43. The van der Waals surface area contributed by atoms with E-state index in [1.54, 1.807) is 0 Å². The molecule has 0 aliphatic rings. The summed E-state index contributed by atoms with van der Waals surface area (Å²) < 4.78 is 10.3. The molecule has 1 rings (SSSR count). The highest BCUT2D eigenvalue weighted by Gasteiger charge is 1.88. The van der Waals surface area contributed by atoms with Crippen LogP contribution >= 0.6 is 8.46 Å². The minimum Gasteiger partial charge on any atom is -0.330 e. The van der Waals surface area contributed by atoms with Crippen molar-refractivity contribution in [2.45, 2.75) is 13.1 Å². The van der Waals surface area contributed by atoms with Gasteiger partial charge in [-0.05, 0) is 12.5 Å². The fourth-order valence-electron chi connectivity index (χ4n) is 0.935. The van der Waals surface area contributed by atoms with E-state index in [-0.39, 0.29) is 0 Å². The molecule has 0 saturated heterocycles. The second-order valence-corrected chi connectivity index (χ2v) is 3.10. The van der Waals surface area contributed by atoms with Gasteiger partial charge in [0.2, 0.25) is 0 Å². The molecular weight excluding hydrogens is 143 g/mol. The highest BCUT2D eigenvalue weighted by Crippen LogP contribution is 2.09. The minimum absolute atomic E-state index is 0.634. The summed E-state index contributed by atoms with van der Waals surface area (Å²) in [4.78, 5) is 0. The Kier molecular flexibility index (Phi) is 2.70. The fraction of sp³-hybridized carbons (Fsp3) is 0.250. The van der Waals surface area contributed by atoms with E-state index in [1.807, 2.05) is 25.1 Å². The summed E-state index contributed by atoms with van der Waals surface area (Å²) in [6.45, 7) is 2.05. The Morgan fingerprint density at radius 3 is 2.90 bits per heavy atom. The van der Waals surface area contributed by atoms with E-state index in [9.17, 15) is 4.57 Å². The lowest BCUT2D eigenvalue weighted by molar-refractivity contribution is 0.598. The van der Waals surface area contributed by atoms with Crippen LogP contribution < -0.4 is 0 Å². The van der Waals surface area contributed by atoms with Crippen LogP contribution in [0.1, 0.15) is 11.1 Å². The molecule has 1 unspecified atom stereocenters. The van der Waals surface area contributed by atoms with Crippen LogP contribution in [0.25, 0.3) is 0 Å². The maximum Gasteiger partial charge on any atom is 0.0687 e. The van der Waals surface area contributed by atoms with Gasteiger partial charge in [-0.2, -0.15) is 0 Å².